The van der Waals surface area contributed by atoms with Gasteiger partial charge in [-0.15, -0.1) is 0 Å². The largest absolute Gasteiger partial charge is 0.349 e. The van der Waals surface area contributed by atoms with Crippen molar-refractivity contribution >= 4 is 21.8 Å². The summed E-state index contributed by atoms with van der Waals surface area (Å²) in [6, 6.07) is 6.26. The molecule has 4 nitrogen and oxygen atoms in total. The van der Waals surface area contributed by atoms with Gasteiger partial charge in [-0.1, -0.05) is 0 Å². The molecule has 1 aliphatic heterocycles. The maximum atomic E-state index is 13.2. The third-order valence-corrected chi connectivity index (χ3v) is 4.08. The van der Waals surface area contributed by atoms with Gasteiger partial charge in [0, 0.05) is 23.6 Å². The Morgan fingerprint density at radius 2 is 2.20 bits per heavy atom. The second kappa shape index (κ2) is 6.82. The number of rotatable bonds is 3. The van der Waals surface area contributed by atoms with Crippen LogP contribution >= 0.6 is 15.9 Å². The lowest BCUT2D eigenvalue weighted by atomic mass is 10.0. The number of carbonyl (C=O) groups excluding carboxylic acids is 1. The van der Waals surface area contributed by atoms with E-state index in [-0.39, 0.29) is 11.9 Å². The van der Waals surface area contributed by atoms with E-state index < -0.39 is 5.82 Å². The molecule has 6 heteroatoms. The smallest absolute Gasteiger partial charge is 0.252 e. The standard InChI is InChI=1S/C14H15BrFN3O/c15-13-2-1-10(16)9-12(13)14(20)18-11-3-6-19(7-4-11)8-5-17/h1-2,9,11H,3-4,6-8H2,(H,18,20). The van der Waals surface area contributed by atoms with Crippen LogP contribution in [-0.4, -0.2) is 36.5 Å². The number of amides is 1. The molecule has 2 rings (SSSR count). The van der Waals surface area contributed by atoms with E-state index in [2.05, 4.69) is 32.2 Å². The monoisotopic (exact) mass is 339 g/mol. The molecule has 1 N–H and O–H groups in total. The zero-order chi connectivity index (χ0) is 14.5. The summed E-state index contributed by atoms with van der Waals surface area (Å²) in [6.07, 6.45) is 1.61. The summed E-state index contributed by atoms with van der Waals surface area (Å²) in [4.78, 5) is 14.2. The van der Waals surface area contributed by atoms with Crippen molar-refractivity contribution in [1.29, 1.82) is 5.26 Å². The summed E-state index contributed by atoms with van der Waals surface area (Å²) < 4.78 is 13.8. The van der Waals surface area contributed by atoms with E-state index in [4.69, 9.17) is 5.26 Å². The van der Waals surface area contributed by atoms with E-state index in [1.165, 1.54) is 18.2 Å². The molecule has 0 unspecified atom stereocenters. The average Bonchev–Trinajstić information content (AvgIpc) is 2.44. The predicted octanol–water partition coefficient (Wildman–Crippen LogP) is 2.31. The molecule has 0 bridgehead atoms. The third kappa shape index (κ3) is 3.78. The molecular formula is C14H15BrFN3O. The van der Waals surface area contributed by atoms with Crippen molar-refractivity contribution < 1.29 is 9.18 Å². The molecule has 1 fully saturated rings. The average molecular weight is 340 g/mol. The van der Waals surface area contributed by atoms with E-state index in [0.29, 0.717) is 16.6 Å². The van der Waals surface area contributed by atoms with Crippen LogP contribution in [0, 0.1) is 17.1 Å². The van der Waals surface area contributed by atoms with Crippen molar-refractivity contribution in [3.63, 3.8) is 0 Å². The van der Waals surface area contributed by atoms with Crippen molar-refractivity contribution in [2.24, 2.45) is 0 Å². The maximum absolute atomic E-state index is 13.2. The fraction of sp³-hybridized carbons (Fsp3) is 0.429. The summed E-state index contributed by atoms with van der Waals surface area (Å²) in [5, 5.41) is 11.6. The lowest BCUT2D eigenvalue weighted by Gasteiger charge is -2.30. The highest BCUT2D eigenvalue weighted by molar-refractivity contribution is 9.10. The number of benzene rings is 1. The summed E-state index contributed by atoms with van der Waals surface area (Å²) in [7, 11) is 0. The van der Waals surface area contributed by atoms with Gasteiger partial charge in [0.05, 0.1) is 18.2 Å². The summed E-state index contributed by atoms with van der Waals surface area (Å²) in [5.74, 6) is -0.697. The van der Waals surface area contributed by atoms with E-state index in [1.807, 2.05) is 0 Å². The number of nitrogens with zero attached hydrogens (tertiary/aromatic N) is 2. The fourth-order valence-corrected chi connectivity index (χ4v) is 2.70. The van der Waals surface area contributed by atoms with Gasteiger partial charge in [-0.05, 0) is 47.0 Å². The van der Waals surface area contributed by atoms with Gasteiger partial charge in [0.15, 0.2) is 0 Å². The Balaban J connectivity index is 1.93. The minimum atomic E-state index is -0.429. The molecule has 0 saturated carbocycles. The lowest BCUT2D eigenvalue weighted by Crippen LogP contribution is -2.44. The molecule has 0 radical (unpaired) electrons. The molecule has 106 valence electrons. The highest BCUT2D eigenvalue weighted by Crippen LogP contribution is 2.19. The van der Waals surface area contributed by atoms with Gasteiger partial charge in [0.1, 0.15) is 5.82 Å². The van der Waals surface area contributed by atoms with Crippen LogP contribution in [0.1, 0.15) is 23.2 Å². The van der Waals surface area contributed by atoms with E-state index in [1.54, 1.807) is 0 Å². The number of nitriles is 1. The van der Waals surface area contributed by atoms with Crippen LogP contribution in [0.15, 0.2) is 22.7 Å². The summed E-state index contributed by atoms with van der Waals surface area (Å²) in [6.45, 7) is 2.02. The Labute approximate surface area is 125 Å². The van der Waals surface area contributed by atoms with Crippen molar-refractivity contribution in [3.8, 4) is 6.07 Å². The molecular weight excluding hydrogens is 325 g/mol. The highest BCUT2D eigenvalue weighted by atomic mass is 79.9. The number of hydrogen-bond donors (Lipinski definition) is 1. The normalized spacial score (nSPS) is 16.6. The number of likely N-dealkylation sites (tertiary alicyclic amines) is 1. The number of hydrogen-bond acceptors (Lipinski definition) is 3. The molecule has 0 spiro atoms. The lowest BCUT2D eigenvalue weighted by molar-refractivity contribution is 0.0913. The van der Waals surface area contributed by atoms with Crippen LogP contribution in [0.25, 0.3) is 0 Å². The molecule has 20 heavy (non-hydrogen) atoms. The first-order valence-corrected chi connectivity index (χ1v) is 7.24. The van der Waals surface area contributed by atoms with Gasteiger partial charge < -0.3 is 5.32 Å². The van der Waals surface area contributed by atoms with Crippen molar-refractivity contribution in [2.45, 2.75) is 18.9 Å². The van der Waals surface area contributed by atoms with Crippen LogP contribution in [-0.2, 0) is 0 Å². The number of piperidine rings is 1. The molecule has 0 atom stereocenters. The zero-order valence-corrected chi connectivity index (χ0v) is 12.5. The second-order valence-electron chi connectivity index (χ2n) is 4.81. The van der Waals surface area contributed by atoms with Crippen LogP contribution in [0.4, 0.5) is 4.39 Å². The highest BCUT2D eigenvalue weighted by Gasteiger charge is 2.21. The number of carbonyl (C=O) groups is 1. The Hall–Kier alpha value is -1.45. The van der Waals surface area contributed by atoms with Crippen LogP contribution in [0.2, 0.25) is 0 Å². The molecule has 1 aromatic rings. The van der Waals surface area contributed by atoms with Crippen molar-refractivity contribution in [2.75, 3.05) is 19.6 Å². The van der Waals surface area contributed by atoms with Gasteiger partial charge in [0.25, 0.3) is 5.91 Å². The first kappa shape index (κ1) is 14.9. The summed E-state index contributed by atoms with van der Waals surface area (Å²) >= 11 is 3.25. The quantitative estimate of drug-likeness (QED) is 0.859. The first-order valence-electron chi connectivity index (χ1n) is 6.45. The molecule has 1 amide bonds. The van der Waals surface area contributed by atoms with Gasteiger partial charge in [-0.2, -0.15) is 5.26 Å². The van der Waals surface area contributed by atoms with E-state index >= 15 is 0 Å². The second-order valence-corrected chi connectivity index (χ2v) is 5.66. The van der Waals surface area contributed by atoms with Gasteiger partial charge >= 0.3 is 0 Å². The number of nitrogens with one attached hydrogen (secondary N) is 1. The first-order chi connectivity index (χ1) is 9.60. The molecule has 0 aromatic heterocycles. The third-order valence-electron chi connectivity index (χ3n) is 3.39. The van der Waals surface area contributed by atoms with E-state index in [9.17, 15) is 9.18 Å². The maximum Gasteiger partial charge on any atom is 0.252 e. The molecule has 1 saturated heterocycles. The molecule has 1 aliphatic rings. The minimum absolute atomic E-state index is 0.0765. The van der Waals surface area contributed by atoms with Crippen molar-refractivity contribution in [3.05, 3.63) is 34.1 Å². The Morgan fingerprint density at radius 1 is 1.50 bits per heavy atom. The topological polar surface area (TPSA) is 56.1 Å². The van der Waals surface area contributed by atoms with Crippen LogP contribution in [0.3, 0.4) is 0 Å². The number of halogens is 2. The Bertz CT molecular complexity index is 536. The van der Waals surface area contributed by atoms with Crippen LogP contribution < -0.4 is 5.32 Å². The molecule has 1 heterocycles. The molecule has 1 aromatic carbocycles. The minimum Gasteiger partial charge on any atom is -0.349 e. The SMILES string of the molecule is N#CCN1CCC(NC(=O)c2cc(F)ccc2Br)CC1. The summed E-state index contributed by atoms with van der Waals surface area (Å²) in [5.41, 5.74) is 0.310. The van der Waals surface area contributed by atoms with Crippen LogP contribution in [0.5, 0.6) is 0 Å². The van der Waals surface area contributed by atoms with Gasteiger partial charge in [-0.3, -0.25) is 9.69 Å². The molecule has 0 aliphatic carbocycles. The van der Waals surface area contributed by atoms with E-state index in [0.717, 1.165) is 25.9 Å². The predicted molar refractivity (Wildman–Crippen MR) is 76.6 cm³/mol. The fourth-order valence-electron chi connectivity index (χ4n) is 2.27. The van der Waals surface area contributed by atoms with Gasteiger partial charge in [-0.25, -0.2) is 4.39 Å². The Morgan fingerprint density at radius 3 is 2.85 bits per heavy atom. The Kier molecular flexibility index (Phi) is 5.10. The van der Waals surface area contributed by atoms with Gasteiger partial charge in [0.2, 0.25) is 0 Å². The zero-order valence-electron chi connectivity index (χ0n) is 10.9. The van der Waals surface area contributed by atoms with Crippen molar-refractivity contribution in [1.82, 2.24) is 10.2 Å².